The molecular formula is C31H28FN7O3. The van der Waals surface area contributed by atoms with Crippen molar-refractivity contribution in [3.8, 4) is 28.7 Å². The Hall–Kier alpha value is -5.03. The van der Waals surface area contributed by atoms with Crippen molar-refractivity contribution in [2.45, 2.75) is 18.5 Å². The molecule has 3 aromatic heterocycles. The van der Waals surface area contributed by atoms with E-state index in [2.05, 4.69) is 41.1 Å². The van der Waals surface area contributed by atoms with E-state index in [1.807, 2.05) is 30.5 Å². The van der Waals surface area contributed by atoms with Gasteiger partial charge in [-0.3, -0.25) is 4.79 Å². The van der Waals surface area contributed by atoms with Crippen molar-refractivity contribution in [1.82, 2.24) is 24.8 Å². The molecule has 212 valence electrons. The van der Waals surface area contributed by atoms with Crippen LogP contribution in [0.4, 0.5) is 15.8 Å². The number of amides is 1. The fourth-order valence-corrected chi connectivity index (χ4v) is 6.02. The number of nitrogens with one attached hydrogen (secondary N) is 2. The van der Waals surface area contributed by atoms with Crippen LogP contribution in [0.2, 0.25) is 0 Å². The molecule has 2 N–H and O–H groups in total. The number of benzene rings is 2. The van der Waals surface area contributed by atoms with E-state index in [0.29, 0.717) is 23.7 Å². The first-order chi connectivity index (χ1) is 20.5. The lowest BCUT2D eigenvalue weighted by molar-refractivity contribution is 0.102. The quantitative estimate of drug-likeness (QED) is 0.298. The summed E-state index contributed by atoms with van der Waals surface area (Å²) in [7, 11) is 3.04. The highest BCUT2D eigenvalue weighted by molar-refractivity contribution is 6.09. The molecule has 2 aliphatic rings. The van der Waals surface area contributed by atoms with Gasteiger partial charge < -0.3 is 29.6 Å². The van der Waals surface area contributed by atoms with Gasteiger partial charge in [0.2, 0.25) is 5.88 Å². The Bertz CT molecular complexity index is 1820. The molecule has 5 heterocycles. The van der Waals surface area contributed by atoms with Crippen LogP contribution in [0.25, 0.3) is 28.0 Å². The van der Waals surface area contributed by atoms with Crippen molar-refractivity contribution in [3.63, 3.8) is 0 Å². The lowest BCUT2D eigenvalue weighted by Gasteiger charge is -2.32. The summed E-state index contributed by atoms with van der Waals surface area (Å²) < 4.78 is 27.5. The first-order valence-corrected chi connectivity index (χ1v) is 13.7. The summed E-state index contributed by atoms with van der Waals surface area (Å²) in [6, 6.07) is 16.5. The van der Waals surface area contributed by atoms with E-state index in [1.54, 1.807) is 25.4 Å². The summed E-state index contributed by atoms with van der Waals surface area (Å²) in [5.74, 6) is -0.0713. The fourth-order valence-electron chi connectivity index (χ4n) is 6.02. The SMILES string of the molecule is COc1cc(-n2ccc3c(N4C[C@@H]5C[C@H]4CN5)c(NC(=O)c4ccnc(-c5c(F)cccc5OC)n4)ccc32)ccn1. The minimum absolute atomic E-state index is 0.0704. The highest BCUT2D eigenvalue weighted by atomic mass is 19.1. The maximum atomic E-state index is 14.7. The number of carbonyl (C=O) groups is 1. The minimum atomic E-state index is -0.534. The van der Waals surface area contributed by atoms with Crippen molar-refractivity contribution in [2.24, 2.45) is 0 Å². The van der Waals surface area contributed by atoms with E-state index in [-0.39, 0.29) is 22.8 Å². The molecule has 42 heavy (non-hydrogen) atoms. The van der Waals surface area contributed by atoms with Crippen LogP contribution in [0.3, 0.4) is 0 Å². The average Bonchev–Trinajstić information content (AvgIpc) is 3.77. The number of carbonyl (C=O) groups excluding carboxylic acids is 1. The second-order valence-electron chi connectivity index (χ2n) is 10.3. The van der Waals surface area contributed by atoms with Gasteiger partial charge >= 0.3 is 0 Å². The maximum absolute atomic E-state index is 14.7. The van der Waals surface area contributed by atoms with Crippen LogP contribution in [0, 0.1) is 5.82 Å². The van der Waals surface area contributed by atoms with Crippen LogP contribution in [0.5, 0.6) is 11.6 Å². The zero-order chi connectivity index (χ0) is 28.8. The molecule has 0 spiro atoms. The average molecular weight is 566 g/mol. The minimum Gasteiger partial charge on any atom is -0.496 e. The molecule has 5 aromatic rings. The number of ether oxygens (including phenoxy) is 2. The van der Waals surface area contributed by atoms with Gasteiger partial charge in [-0.25, -0.2) is 19.3 Å². The number of methoxy groups -OCH3 is 2. The van der Waals surface area contributed by atoms with Crippen molar-refractivity contribution in [2.75, 3.05) is 37.5 Å². The molecule has 0 saturated carbocycles. The Balaban J connectivity index is 1.28. The van der Waals surface area contributed by atoms with Gasteiger partial charge in [0.15, 0.2) is 5.82 Å². The Kier molecular flexibility index (Phi) is 6.43. The van der Waals surface area contributed by atoms with E-state index >= 15 is 0 Å². The summed E-state index contributed by atoms with van der Waals surface area (Å²) >= 11 is 0. The van der Waals surface area contributed by atoms with Gasteiger partial charge in [0.05, 0.1) is 42.4 Å². The maximum Gasteiger partial charge on any atom is 0.274 e. The Morgan fingerprint density at radius 3 is 2.74 bits per heavy atom. The molecule has 2 atom stereocenters. The Labute approximate surface area is 241 Å². The number of hydrogen-bond acceptors (Lipinski definition) is 8. The number of aromatic nitrogens is 4. The number of hydrogen-bond donors (Lipinski definition) is 2. The van der Waals surface area contributed by atoms with Crippen LogP contribution in [0.1, 0.15) is 16.9 Å². The van der Waals surface area contributed by atoms with E-state index in [1.165, 1.54) is 25.4 Å². The predicted molar refractivity (Wildman–Crippen MR) is 157 cm³/mol. The van der Waals surface area contributed by atoms with Crippen LogP contribution in [-0.4, -0.2) is 64.8 Å². The zero-order valence-electron chi connectivity index (χ0n) is 23.0. The largest absolute Gasteiger partial charge is 0.496 e. The molecule has 1 amide bonds. The molecule has 11 heteroatoms. The van der Waals surface area contributed by atoms with Gasteiger partial charge in [0.25, 0.3) is 5.91 Å². The summed E-state index contributed by atoms with van der Waals surface area (Å²) in [6.07, 6.45) is 6.22. The molecule has 2 bridgehead atoms. The molecule has 2 fully saturated rings. The van der Waals surface area contributed by atoms with Gasteiger partial charge in [0, 0.05) is 55.2 Å². The molecule has 0 radical (unpaired) electrons. The standard InChI is InChI=1S/C31H28FN7O3/c1-41-26-5-3-4-22(32)28(26)30-34-12-9-24(36-30)31(40)37-23-6-7-25-21(29(23)39-17-18-14-20(39)16-35-18)10-13-38(25)19-8-11-33-27(15-19)42-2/h3-13,15,18,20,35H,14,16-17H2,1-2H3,(H,37,40)/t18-,20-/m0/s1. The molecule has 2 aliphatic heterocycles. The number of pyridine rings is 1. The van der Waals surface area contributed by atoms with E-state index in [9.17, 15) is 9.18 Å². The van der Waals surface area contributed by atoms with Crippen LogP contribution in [-0.2, 0) is 0 Å². The number of fused-ring (bicyclic) bond motifs is 3. The second-order valence-corrected chi connectivity index (χ2v) is 10.3. The van der Waals surface area contributed by atoms with Gasteiger partial charge in [-0.1, -0.05) is 6.07 Å². The molecule has 2 aromatic carbocycles. The topological polar surface area (TPSA) is 106 Å². The normalized spacial score (nSPS) is 17.5. The molecule has 2 saturated heterocycles. The number of rotatable bonds is 7. The molecule has 0 unspecified atom stereocenters. The third kappa shape index (κ3) is 4.38. The number of anilines is 2. The van der Waals surface area contributed by atoms with E-state index in [0.717, 1.165) is 41.8 Å². The smallest absolute Gasteiger partial charge is 0.274 e. The lowest BCUT2D eigenvalue weighted by Crippen LogP contribution is -2.44. The van der Waals surface area contributed by atoms with Crippen LogP contribution >= 0.6 is 0 Å². The van der Waals surface area contributed by atoms with E-state index < -0.39 is 11.7 Å². The third-order valence-electron chi connectivity index (χ3n) is 7.95. The molecule has 10 nitrogen and oxygen atoms in total. The Morgan fingerprint density at radius 1 is 1.07 bits per heavy atom. The van der Waals surface area contributed by atoms with Crippen LogP contribution in [0.15, 0.2) is 73.2 Å². The third-order valence-corrected chi connectivity index (χ3v) is 7.95. The number of piperazine rings is 1. The lowest BCUT2D eigenvalue weighted by atomic mass is 10.1. The van der Waals surface area contributed by atoms with Gasteiger partial charge in [0.1, 0.15) is 17.3 Å². The zero-order valence-corrected chi connectivity index (χ0v) is 23.0. The molecule has 7 rings (SSSR count). The monoisotopic (exact) mass is 565 g/mol. The first-order valence-electron chi connectivity index (χ1n) is 13.7. The predicted octanol–water partition coefficient (Wildman–Crippen LogP) is 4.44. The highest BCUT2D eigenvalue weighted by Gasteiger charge is 2.39. The fraction of sp³-hybridized carbons (Fsp3) is 0.226. The summed E-state index contributed by atoms with van der Waals surface area (Å²) in [6.45, 7) is 1.72. The number of nitrogens with zero attached hydrogens (tertiary/aromatic N) is 5. The summed E-state index contributed by atoms with van der Waals surface area (Å²) in [4.78, 5) is 28.9. The summed E-state index contributed by atoms with van der Waals surface area (Å²) in [5, 5.41) is 7.66. The van der Waals surface area contributed by atoms with Gasteiger partial charge in [-0.2, -0.15) is 0 Å². The van der Waals surface area contributed by atoms with Gasteiger partial charge in [-0.05, 0) is 48.9 Å². The highest BCUT2D eigenvalue weighted by Crippen LogP contribution is 2.41. The van der Waals surface area contributed by atoms with Gasteiger partial charge in [-0.15, -0.1) is 0 Å². The van der Waals surface area contributed by atoms with E-state index in [4.69, 9.17) is 9.47 Å². The van der Waals surface area contributed by atoms with Crippen molar-refractivity contribution in [1.29, 1.82) is 0 Å². The second kappa shape index (κ2) is 10.4. The summed E-state index contributed by atoms with van der Waals surface area (Å²) in [5.41, 5.74) is 3.76. The number of halogens is 1. The molecular weight excluding hydrogens is 537 g/mol. The molecule has 0 aliphatic carbocycles. The van der Waals surface area contributed by atoms with Crippen molar-refractivity contribution < 1.29 is 18.7 Å². The van der Waals surface area contributed by atoms with Crippen molar-refractivity contribution >= 4 is 28.2 Å². The van der Waals surface area contributed by atoms with Crippen LogP contribution < -0.4 is 25.0 Å². The van der Waals surface area contributed by atoms with Crippen molar-refractivity contribution in [3.05, 3.63) is 84.7 Å². The Morgan fingerprint density at radius 2 is 1.95 bits per heavy atom. The first kappa shape index (κ1) is 25.9.